The maximum Gasteiger partial charge on any atom is 0.0375 e. The van der Waals surface area contributed by atoms with Crippen molar-refractivity contribution in [3.8, 4) is 0 Å². The molecule has 0 aromatic rings. The van der Waals surface area contributed by atoms with Crippen LogP contribution in [0.2, 0.25) is 0 Å². The van der Waals surface area contributed by atoms with Crippen molar-refractivity contribution in [3.05, 3.63) is 0 Å². The van der Waals surface area contributed by atoms with Crippen molar-refractivity contribution in [1.29, 1.82) is 0 Å². The molecule has 0 aromatic carbocycles. The molecule has 2 atom stereocenters. The van der Waals surface area contributed by atoms with E-state index in [1.54, 1.807) is 0 Å². The molecular weight excluding hydrogens is 230 g/mol. The van der Waals surface area contributed by atoms with E-state index in [9.17, 15) is 4.21 Å². The van der Waals surface area contributed by atoms with Crippen molar-refractivity contribution in [2.24, 2.45) is 11.3 Å². The van der Waals surface area contributed by atoms with Crippen molar-refractivity contribution in [2.75, 3.05) is 18.8 Å². The lowest BCUT2D eigenvalue weighted by Gasteiger charge is -2.34. The van der Waals surface area contributed by atoms with E-state index >= 15 is 0 Å². The molecule has 0 amide bonds. The fraction of sp³-hybridized carbons (Fsp3) is 1.00. The number of hydrogen-bond donors (Lipinski definition) is 1. The first-order valence-corrected chi connectivity index (χ1v) is 8.32. The Balaban J connectivity index is 1.87. The van der Waals surface area contributed by atoms with E-state index in [2.05, 4.69) is 26.1 Å². The first-order valence-electron chi connectivity index (χ1n) is 7.01. The molecule has 3 heteroatoms. The molecule has 0 aromatic heterocycles. The lowest BCUT2D eigenvalue weighted by molar-refractivity contribution is 0.203. The van der Waals surface area contributed by atoms with Gasteiger partial charge in [0.05, 0.1) is 0 Å². The van der Waals surface area contributed by atoms with Gasteiger partial charge in [0.1, 0.15) is 0 Å². The predicted octanol–water partition coefficient (Wildman–Crippen LogP) is 2.70. The zero-order valence-electron chi connectivity index (χ0n) is 11.6. The summed E-state index contributed by atoms with van der Waals surface area (Å²) in [4.78, 5) is 0. The zero-order chi connectivity index (χ0) is 12.5. The molecule has 2 nitrogen and oxygen atoms in total. The highest BCUT2D eigenvalue weighted by Crippen LogP contribution is 2.48. The molecule has 1 N–H and O–H groups in total. The first-order chi connectivity index (χ1) is 7.91. The average Bonchev–Trinajstić information content (AvgIpc) is 2.61. The SMILES string of the molecule is CC(C)(C)[S@@](=O)C[C@@H]1CCC2(CCNCC2)C1. The summed E-state index contributed by atoms with van der Waals surface area (Å²) in [6, 6.07) is 0. The molecule has 2 rings (SSSR count). The van der Waals surface area contributed by atoms with E-state index in [0.717, 1.165) is 5.75 Å². The number of rotatable bonds is 2. The molecule has 1 aliphatic carbocycles. The standard InChI is InChI=1S/C14H27NOS/c1-13(2,3)17(16)11-12-4-5-14(10-12)6-8-15-9-7-14/h12,15H,4-11H2,1-3H3/t12-,17+/m1/s1. The molecule has 1 spiro atoms. The summed E-state index contributed by atoms with van der Waals surface area (Å²) in [6.07, 6.45) is 6.69. The zero-order valence-corrected chi connectivity index (χ0v) is 12.4. The highest BCUT2D eigenvalue weighted by molar-refractivity contribution is 7.86. The monoisotopic (exact) mass is 257 g/mol. The van der Waals surface area contributed by atoms with Gasteiger partial charge in [-0.25, -0.2) is 0 Å². The minimum atomic E-state index is -0.664. The van der Waals surface area contributed by atoms with Crippen LogP contribution in [0.5, 0.6) is 0 Å². The molecule has 17 heavy (non-hydrogen) atoms. The summed E-state index contributed by atoms with van der Waals surface area (Å²) in [6.45, 7) is 8.67. The summed E-state index contributed by atoms with van der Waals surface area (Å²) >= 11 is 0. The van der Waals surface area contributed by atoms with Crippen LogP contribution < -0.4 is 5.32 Å². The van der Waals surface area contributed by atoms with Crippen molar-refractivity contribution < 1.29 is 4.21 Å². The van der Waals surface area contributed by atoms with E-state index in [1.165, 1.54) is 45.2 Å². The Morgan fingerprint density at radius 2 is 1.88 bits per heavy atom. The van der Waals surface area contributed by atoms with E-state index in [1.807, 2.05) is 0 Å². The van der Waals surface area contributed by atoms with Crippen LogP contribution in [-0.2, 0) is 10.8 Å². The first kappa shape index (κ1) is 13.5. The predicted molar refractivity (Wildman–Crippen MR) is 74.6 cm³/mol. The third-order valence-electron chi connectivity index (χ3n) is 4.54. The summed E-state index contributed by atoms with van der Waals surface area (Å²) in [5, 5.41) is 3.46. The lowest BCUT2D eigenvalue weighted by atomic mass is 9.77. The molecule has 1 aliphatic heterocycles. The Bertz CT molecular complexity index is 289. The third kappa shape index (κ3) is 3.31. The van der Waals surface area contributed by atoms with Crippen LogP contribution in [0.1, 0.15) is 52.9 Å². The second-order valence-electron chi connectivity index (χ2n) is 6.98. The van der Waals surface area contributed by atoms with Gasteiger partial charge in [-0.2, -0.15) is 0 Å². The van der Waals surface area contributed by atoms with Gasteiger partial charge in [0.2, 0.25) is 0 Å². The quantitative estimate of drug-likeness (QED) is 0.824. The fourth-order valence-corrected chi connectivity index (χ4v) is 4.56. The number of nitrogens with one attached hydrogen (secondary N) is 1. The van der Waals surface area contributed by atoms with Crippen LogP contribution in [0.25, 0.3) is 0 Å². The van der Waals surface area contributed by atoms with Crippen molar-refractivity contribution >= 4 is 10.8 Å². The van der Waals surface area contributed by atoms with Crippen molar-refractivity contribution in [3.63, 3.8) is 0 Å². The fourth-order valence-electron chi connectivity index (χ4n) is 3.34. The van der Waals surface area contributed by atoms with Gasteiger partial charge in [-0.3, -0.25) is 4.21 Å². The summed E-state index contributed by atoms with van der Waals surface area (Å²) in [7, 11) is -0.664. The topological polar surface area (TPSA) is 29.1 Å². The number of piperidine rings is 1. The van der Waals surface area contributed by atoms with Gasteiger partial charge in [-0.1, -0.05) is 0 Å². The molecule has 0 unspecified atom stereocenters. The van der Waals surface area contributed by atoms with Crippen LogP contribution in [0.3, 0.4) is 0 Å². The van der Waals surface area contributed by atoms with Crippen LogP contribution >= 0.6 is 0 Å². The van der Waals surface area contributed by atoms with E-state index < -0.39 is 10.8 Å². The van der Waals surface area contributed by atoms with Crippen LogP contribution in [0.4, 0.5) is 0 Å². The largest absolute Gasteiger partial charge is 0.317 e. The Kier molecular flexibility index (Phi) is 3.99. The molecule has 2 aliphatic rings. The Labute approximate surface area is 108 Å². The van der Waals surface area contributed by atoms with E-state index in [-0.39, 0.29) is 4.75 Å². The Morgan fingerprint density at radius 1 is 1.24 bits per heavy atom. The van der Waals surface area contributed by atoms with Gasteiger partial charge >= 0.3 is 0 Å². The van der Waals surface area contributed by atoms with Gasteiger partial charge in [-0.05, 0) is 77.3 Å². The summed E-state index contributed by atoms with van der Waals surface area (Å²) in [5.41, 5.74) is 0.609. The lowest BCUT2D eigenvalue weighted by Crippen LogP contribution is -2.35. The van der Waals surface area contributed by atoms with Gasteiger partial charge in [0.25, 0.3) is 0 Å². The molecule has 2 fully saturated rings. The molecule has 0 radical (unpaired) electrons. The maximum atomic E-state index is 12.2. The molecule has 1 heterocycles. The average molecular weight is 257 g/mol. The van der Waals surface area contributed by atoms with Crippen LogP contribution in [0.15, 0.2) is 0 Å². The molecule has 1 saturated heterocycles. The van der Waals surface area contributed by atoms with E-state index in [0.29, 0.717) is 11.3 Å². The van der Waals surface area contributed by atoms with Gasteiger partial charge < -0.3 is 5.32 Å². The third-order valence-corrected chi connectivity index (χ3v) is 6.68. The van der Waals surface area contributed by atoms with Gasteiger partial charge in [-0.15, -0.1) is 0 Å². The van der Waals surface area contributed by atoms with Crippen LogP contribution in [0, 0.1) is 11.3 Å². The van der Waals surface area contributed by atoms with E-state index in [4.69, 9.17) is 0 Å². The van der Waals surface area contributed by atoms with Crippen LogP contribution in [-0.4, -0.2) is 27.8 Å². The maximum absolute atomic E-state index is 12.2. The number of hydrogen-bond acceptors (Lipinski definition) is 2. The minimum absolute atomic E-state index is 0.0378. The molecule has 1 saturated carbocycles. The molecular formula is C14H27NOS. The van der Waals surface area contributed by atoms with Crippen molar-refractivity contribution in [2.45, 2.75) is 57.6 Å². The smallest absolute Gasteiger partial charge is 0.0375 e. The van der Waals surface area contributed by atoms with Crippen molar-refractivity contribution in [1.82, 2.24) is 5.32 Å². The molecule has 100 valence electrons. The molecule has 0 bridgehead atoms. The second kappa shape index (κ2) is 5.00. The highest BCUT2D eigenvalue weighted by Gasteiger charge is 2.40. The van der Waals surface area contributed by atoms with Gasteiger partial charge in [0, 0.05) is 21.3 Å². The highest BCUT2D eigenvalue weighted by atomic mass is 32.2. The normalized spacial score (nSPS) is 30.6. The Morgan fingerprint density at radius 3 is 2.47 bits per heavy atom. The summed E-state index contributed by atoms with van der Waals surface area (Å²) < 4.78 is 12.2. The van der Waals surface area contributed by atoms with Gasteiger partial charge in [0.15, 0.2) is 0 Å². The Hall–Kier alpha value is 0.110. The minimum Gasteiger partial charge on any atom is -0.317 e. The second-order valence-corrected chi connectivity index (χ2v) is 9.23. The summed E-state index contributed by atoms with van der Waals surface area (Å²) in [5.74, 6) is 1.65.